The van der Waals surface area contributed by atoms with Crippen LogP contribution in [0.5, 0.6) is 0 Å². The Kier molecular flexibility index (Phi) is 6.43. The molecule has 0 aromatic carbocycles. The third-order valence-electron chi connectivity index (χ3n) is 2.96. The van der Waals surface area contributed by atoms with Crippen LogP contribution in [0.3, 0.4) is 0 Å². The Labute approximate surface area is 127 Å². The van der Waals surface area contributed by atoms with Crippen LogP contribution in [0.25, 0.3) is 0 Å². The van der Waals surface area contributed by atoms with Crippen molar-refractivity contribution in [3.63, 3.8) is 0 Å². The molecule has 9 heteroatoms. The van der Waals surface area contributed by atoms with Crippen LogP contribution in [-0.4, -0.2) is 54.9 Å². The van der Waals surface area contributed by atoms with Gasteiger partial charge in [0.1, 0.15) is 18.9 Å². The van der Waals surface area contributed by atoms with Crippen molar-refractivity contribution in [3.8, 4) is 0 Å². The molecule has 0 aromatic heterocycles. The lowest BCUT2D eigenvalue weighted by molar-refractivity contribution is -0.153. The van der Waals surface area contributed by atoms with E-state index in [1.807, 2.05) is 5.32 Å². The minimum Gasteiger partial charge on any atom is -0.467 e. The van der Waals surface area contributed by atoms with E-state index in [1.165, 1.54) is 27.7 Å². The summed E-state index contributed by atoms with van der Waals surface area (Å²) in [7, 11) is 0.943. The summed E-state index contributed by atoms with van der Waals surface area (Å²) in [5.41, 5.74) is 0.362. The summed E-state index contributed by atoms with van der Waals surface area (Å²) in [6.45, 7) is 2.49. The number of carbonyl (C=O) groups is 3. The van der Waals surface area contributed by atoms with Crippen LogP contribution in [0, 0.1) is 0 Å². The van der Waals surface area contributed by atoms with E-state index in [0.717, 1.165) is 7.11 Å². The van der Waals surface area contributed by atoms with Crippen LogP contribution in [0.2, 0.25) is 0 Å². The number of ether oxygens (including phenoxy) is 1. The summed E-state index contributed by atoms with van der Waals surface area (Å²) in [5, 5.41) is 4.31. The number of rotatable bonds is 7. The van der Waals surface area contributed by atoms with Crippen molar-refractivity contribution >= 4 is 17.8 Å². The summed E-state index contributed by atoms with van der Waals surface area (Å²) in [6, 6.07) is 0. The van der Waals surface area contributed by atoms with E-state index in [0.29, 0.717) is 0 Å². The fourth-order valence-electron chi connectivity index (χ4n) is 1.33. The minimum atomic E-state index is -2.44. The maximum atomic E-state index is 13.1. The maximum Gasteiger partial charge on any atom is 0.337 e. The Balaban J connectivity index is 5.23. The Hall–Kier alpha value is -1.77. The highest BCUT2D eigenvalue weighted by Gasteiger charge is 2.45. The molecule has 0 aliphatic heterocycles. The Morgan fingerprint density at radius 1 is 1.00 bits per heavy atom. The molecule has 0 saturated heterocycles. The molecule has 0 saturated carbocycles. The lowest BCUT2D eigenvalue weighted by Gasteiger charge is -2.33. The molecule has 0 unspecified atom stereocenters. The van der Waals surface area contributed by atoms with Crippen LogP contribution in [0.4, 0.5) is 8.78 Å². The predicted octanol–water partition coefficient (Wildman–Crippen LogP) is -0.414. The summed E-state index contributed by atoms with van der Waals surface area (Å²) >= 11 is 0. The Morgan fingerprint density at radius 3 is 1.77 bits per heavy atom. The maximum absolute atomic E-state index is 13.1. The first-order valence-electron chi connectivity index (χ1n) is 6.51. The molecule has 0 heterocycles. The van der Waals surface area contributed by atoms with Gasteiger partial charge < -0.3 is 21.1 Å². The van der Waals surface area contributed by atoms with Crippen molar-refractivity contribution in [1.82, 2.24) is 10.6 Å². The highest BCUT2D eigenvalue weighted by molar-refractivity contribution is 5.96. The number of carbonyl (C=O) groups excluding carboxylic acids is 3. The third-order valence-corrected chi connectivity index (χ3v) is 2.96. The largest absolute Gasteiger partial charge is 0.467 e. The van der Waals surface area contributed by atoms with E-state index >= 15 is 0 Å². The van der Waals surface area contributed by atoms with Gasteiger partial charge in [-0.2, -0.15) is 0 Å². The van der Waals surface area contributed by atoms with Crippen LogP contribution in [0.15, 0.2) is 0 Å². The lowest BCUT2D eigenvalue weighted by Crippen LogP contribution is -2.67. The zero-order valence-corrected chi connectivity index (χ0v) is 13.4. The fraction of sp³-hybridized carbons (Fsp3) is 0.769. The van der Waals surface area contributed by atoms with Crippen LogP contribution >= 0.6 is 0 Å². The van der Waals surface area contributed by atoms with Gasteiger partial charge in [0.15, 0.2) is 5.54 Å². The van der Waals surface area contributed by atoms with Crippen LogP contribution < -0.4 is 16.4 Å². The van der Waals surface area contributed by atoms with Gasteiger partial charge in [-0.15, -0.1) is 0 Å². The number of methoxy groups -OCH3 is 1. The number of amides is 2. The molecule has 7 nitrogen and oxygen atoms in total. The van der Waals surface area contributed by atoms with Crippen molar-refractivity contribution in [3.05, 3.63) is 0 Å². The molecule has 0 aliphatic rings. The van der Waals surface area contributed by atoms with Gasteiger partial charge >= 0.3 is 5.97 Å². The quantitative estimate of drug-likeness (QED) is 0.551. The van der Waals surface area contributed by atoms with Crippen molar-refractivity contribution in [2.24, 2.45) is 5.73 Å². The van der Waals surface area contributed by atoms with Gasteiger partial charge in [0, 0.05) is 0 Å². The zero-order valence-electron chi connectivity index (χ0n) is 13.4. The number of halogens is 2. The summed E-state index contributed by atoms with van der Waals surface area (Å²) in [4.78, 5) is 35.5. The van der Waals surface area contributed by atoms with Crippen molar-refractivity contribution in [2.45, 2.75) is 44.3 Å². The predicted molar refractivity (Wildman–Crippen MR) is 75.3 cm³/mol. The molecule has 0 bridgehead atoms. The fourth-order valence-corrected chi connectivity index (χ4v) is 1.33. The first kappa shape index (κ1) is 20.2. The Bertz CT molecular complexity index is 443. The first-order valence-corrected chi connectivity index (χ1v) is 6.51. The molecule has 0 radical (unpaired) electrons. The molecule has 4 N–H and O–H groups in total. The normalized spacial score (nSPS) is 12.5. The Morgan fingerprint density at radius 2 is 1.45 bits per heavy atom. The number of esters is 1. The molecule has 128 valence electrons. The second kappa shape index (κ2) is 6.99. The monoisotopic (exact) mass is 323 g/mol. The van der Waals surface area contributed by atoms with Crippen LogP contribution in [-0.2, 0) is 19.1 Å². The molecule has 0 atom stereocenters. The van der Waals surface area contributed by atoms with E-state index in [-0.39, 0.29) is 0 Å². The highest BCUT2D eigenvalue weighted by Crippen LogP contribution is 2.14. The first-order chi connectivity index (χ1) is 9.86. The molecule has 2 amide bonds. The lowest BCUT2D eigenvalue weighted by atomic mass is 9.96. The summed E-state index contributed by atoms with van der Waals surface area (Å²) in [6.07, 6.45) is 0. The standard InChI is InChI=1S/C13H23F2N3O4/c1-11(2,16)8(19)17-12(3,4)9(20)18-13(6-14,7-15)10(21)22-5/h6-7,16H2,1-5H3,(H,17,19)(H,18,20). The molecule has 0 spiro atoms. The van der Waals surface area contributed by atoms with E-state index in [2.05, 4.69) is 10.1 Å². The molecule has 0 aromatic rings. The molecule has 0 fully saturated rings. The number of nitrogens with one attached hydrogen (secondary N) is 2. The van der Waals surface area contributed by atoms with Gasteiger partial charge in [0.05, 0.1) is 12.6 Å². The van der Waals surface area contributed by atoms with E-state index in [9.17, 15) is 23.2 Å². The van der Waals surface area contributed by atoms with E-state index < -0.39 is 47.7 Å². The summed E-state index contributed by atoms with van der Waals surface area (Å²) < 4.78 is 30.5. The third kappa shape index (κ3) is 4.62. The van der Waals surface area contributed by atoms with Crippen LogP contribution in [0.1, 0.15) is 27.7 Å². The smallest absolute Gasteiger partial charge is 0.337 e. The number of hydrogen-bond acceptors (Lipinski definition) is 5. The minimum absolute atomic E-state index is 0.642. The van der Waals surface area contributed by atoms with Gasteiger partial charge in [-0.3, -0.25) is 9.59 Å². The molecule has 22 heavy (non-hydrogen) atoms. The summed E-state index contributed by atoms with van der Waals surface area (Å²) in [5.74, 6) is -2.85. The molecular weight excluding hydrogens is 300 g/mol. The highest BCUT2D eigenvalue weighted by atomic mass is 19.1. The second-order valence-electron chi connectivity index (χ2n) is 6.10. The SMILES string of the molecule is COC(=O)C(CF)(CF)NC(=O)C(C)(C)NC(=O)C(C)(C)N. The van der Waals surface area contributed by atoms with Crippen molar-refractivity contribution < 1.29 is 27.9 Å². The van der Waals surface area contributed by atoms with Gasteiger partial charge in [0.25, 0.3) is 0 Å². The van der Waals surface area contributed by atoms with Crippen molar-refractivity contribution in [1.29, 1.82) is 0 Å². The molecule has 0 rings (SSSR count). The molecule has 0 aliphatic carbocycles. The van der Waals surface area contributed by atoms with Gasteiger partial charge in [-0.1, -0.05) is 0 Å². The number of nitrogens with two attached hydrogens (primary N) is 1. The average Bonchev–Trinajstić information content (AvgIpc) is 2.42. The number of alkyl halides is 2. The molecular formula is C13H23F2N3O4. The van der Waals surface area contributed by atoms with E-state index in [4.69, 9.17) is 5.73 Å². The van der Waals surface area contributed by atoms with Gasteiger partial charge in [-0.05, 0) is 27.7 Å². The van der Waals surface area contributed by atoms with E-state index in [1.54, 1.807) is 0 Å². The van der Waals surface area contributed by atoms with Crippen molar-refractivity contribution in [2.75, 3.05) is 20.5 Å². The second-order valence-corrected chi connectivity index (χ2v) is 6.10. The average molecular weight is 323 g/mol. The number of hydrogen-bond donors (Lipinski definition) is 3. The van der Waals surface area contributed by atoms with Gasteiger partial charge in [0.2, 0.25) is 11.8 Å². The topological polar surface area (TPSA) is 111 Å². The van der Waals surface area contributed by atoms with Gasteiger partial charge in [-0.25, -0.2) is 13.6 Å². The zero-order chi connectivity index (χ0) is 17.8.